The Kier molecular flexibility index (Phi) is 6.82. The van der Waals surface area contributed by atoms with Gasteiger partial charge in [-0.05, 0) is 54.0 Å². The number of nitrogens with zero attached hydrogens (tertiary/aromatic N) is 1. The molecule has 2 aromatic carbocycles. The number of anilines is 1. The van der Waals surface area contributed by atoms with Crippen molar-refractivity contribution >= 4 is 46.7 Å². The molecular formula is C28H28Cl2FNO4. The van der Waals surface area contributed by atoms with Gasteiger partial charge in [0.1, 0.15) is 5.82 Å². The normalized spacial score (nSPS) is 23.2. The second kappa shape index (κ2) is 9.31. The first-order valence-corrected chi connectivity index (χ1v) is 12.6. The van der Waals surface area contributed by atoms with Gasteiger partial charge in [-0.1, -0.05) is 68.2 Å². The van der Waals surface area contributed by atoms with E-state index in [4.69, 9.17) is 27.9 Å². The lowest BCUT2D eigenvalue weighted by molar-refractivity contribution is -0.138. The number of amides is 2. The third-order valence-electron chi connectivity index (χ3n) is 6.89. The average molecular weight is 532 g/mol. The number of fused-ring (bicyclic) bond motifs is 2. The summed E-state index contributed by atoms with van der Waals surface area (Å²) in [6.07, 6.45) is 2.21. The van der Waals surface area contributed by atoms with Crippen LogP contribution in [0.3, 0.4) is 0 Å². The Labute approximate surface area is 220 Å². The highest BCUT2D eigenvalue weighted by atomic mass is 35.5. The molecule has 2 aromatic rings. The molecule has 0 saturated heterocycles. The molecule has 4 rings (SSSR count). The highest BCUT2D eigenvalue weighted by Crippen LogP contribution is 2.63. The van der Waals surface area contributed by atoms with Gasteiger partial charge in [-0.2, -0.15) is 0 Å². The summed E-state index contributed by atoms with van der Waals surface area (Å²) >= 11 is 12.5. The number of carbonyl (C=O) groups is 3. The lowest BCUT2D eigenvalue weighted by Crippen LogP contribution is -2.49. The van der Waals surface area contributed by atoms with Crippen LogP contribution in [0.4, 0.5) is 10.1 Å². The van der Waals surface area contributed by atoms with E-state index in [1.165, 1.54) is 19.1 Å². The van der Waals surface area contributed by atoms with Crippen molar-refractivity contribution in [1.82, 2.24) is 0 Å². The third-order valence-corrected chi connectivity index (χ3v) is 7.41. The zero-order chi connectivity index (χ0) is 26.6. The number of allylic oxidation sites excluding steroid dienone is 1. The van der Waals surface area contributed by atoms with E-state index in [1.807, 2.05) is 20.8 Å². The monoisotopic (exact) mass is 531 g/mol. The van der Waals surface area contributed by atoms with Crippen LogP contribution in [0.15, 0.2) is 48.0 Å². The van der Waals surface area contributed by atoms with E-state index < -0.39 is 40.9 Å². The molecule has 2 aliphatic rings. The van der Waals surface area contributed by atoms with Crippen molar-refractivity contribution in [2.24, 2.45) is 11.3 Å². The first-order chi connectivity index (χ1) is 16.8. The highest BCUT2D eigenvalue weighted by Gasteiger charge is 2.65. The van der Waals surface area contributed by atoms with E-state index in [-0.39, 0.29) is 28.2 Å². The van der Waals surface area contributed by atoms with E-state index in [2.05, 4.69) is 0 Å². The average Bonchev–Trinajstić information content (AvgIpc) is 3.22. The summed E-state index contributed by atoms with van der Waals surface area (Å²) in [5.41, 5.74) is -0.630. The van der Waals surface area contributed by atoms with Gasteiger partial charge < -0.3 is 4.74 Å². The second-order valence-corrected chi connectivity index (χ2v) is 11.3. The number of carbonyl (C=O) groups excluding carboxylic acids is 3. The quantitative estimate of drug-likeness (QED) is 0.416. The Morgan fingerprint density at radius 1 is 1.17 bits per heavy atom. The standard InChI is InChI=1S/C28H28Cl2FNO4/c1-6-36-25(34)19-12-16(14-27(3,4)5)28(23(19)18-8-7-9-21(30)24(18)31)20-11-10-17(29)13-22(20)32(15(2)33)26(28)35/h7-13,16,23H,6,14H2,1-5H3. The van der Waals surface area contributed by atoms with Crippen LogP contribution in [0.5, 0.6) is 0 Å². The summed E-state index contributed by atoms with van der Waals surface area (Å²) < 4.78 is 21.0. The molecule has 3 unspecified atom stereocenters. The number of esters is 1. The Morgan fingerprint density at radius 3 is 2.47 bits per heavy atom. The maximum Gasteiger partial charge on any atom is 0.334 e. The summed E-state index contributed by atoms with van der Waals surface area (Å²) in [5, 5.41) is 0.217. The van der Waals surface area contributed by atoms with Crippen LogP contribution in [0, 0.1) is 17.2 Å². The van der Waals surface area contributed by atoms with Crippen LogP contribution < -0.4 is 4.90 Å². The number of hydrogen-bond acceptors (Lipinski definition) is 4. The fraction of sp³-hybridized carbons (Fsp3) is 0.393. The lowest BCUT2D eigenvalue weighted by atomic mass is 9.61. The van der Waals surface area contributed by atoms with Crippen molar-refractivity contribution < 1.29 is 23.5 Å². The molecule has 5 nitrogen and oxygen atoms in total. The number of ether oxygens (including phenoxy) is 1. The van der Waals surface area contributed by atoms with E-state index in [0.29, 0.717) is 22.7 Å². The Bertz CT molecular complexity index is 1300. The summed E-state index contributed by atoms with van der Waals surface area (Å²) in [6.45, 7) is 9.16. The first-order valence-electron chi connectivity index (χ1n) is 11.8. The molecule has 0 radical (unpaired) electrons. The number of hydrogen-bond donors (Lipinski definition) is 0. The SMILES string of the molecule is CCOC(=O)C1=CC(CC(C)(C)C)C2(C(=O)N(C(C)=O)c3cc(Cl)ccc32)C1c1cccc(Cl)c1F. The Hall–Kier alpha value is -2.70. The number of halogens is 3. The van der Waals surface area contributed by atoms with Crippen molar-refractivity contribution in [1.29, 1.82) is 0 Å². The van der Waals surface area contributed by atoms with Crippen molar-refractivity contribution in [2.45, 2.75) is 52.4 Å². The van der Waals surface area contributed by atoms with Gasteiger partial charge in [0.2, 0.25) is 11.8 Å². The van der Waals surface area contributed by atoms with Crippen LogP contribution >= 0.6 is 23.2 Å². The number of imide groups is 1. The van der Waals surface area contributed by atoms with Gasteiger partial charge >= 0.3 is 5.97 Å². The molecule has 1 aliphatic heterocycles. The van der Waals surface area contributed by atoms with E-state index in [9.17, 15) is 14.4 Å². The fourth-order valence-electron chi connectivity index (χ4n) is 5.74. The summed E-state index contributed by atoms with van der Waals surface area (Å²) in [4.78, 5) is 41.7. The Balaban J connectivity index is 2.12. The smallest absolute Gasteiger partial charge is 0.334 e. The maximum absolute atomic E-state index is 15.7. The van der Waals surface area contributed by atoms with Gasteiger partial charge in [0.05, 0.1) is 22.7 Å². The molecular weight excluding hydrogens is 504 g/mol. The van der Waals surface area contributed by atoms with Crippen LogP contribution in [0.2, 0.25) is 10.0 Å². The second-order valence-electron chi connectivity index (χ2n) is 10.5. The molecule has 0 aromatic heterocycles. The van der Waals surface area contributed by atoms with E-state index in [0.717, 1.165) is 4.90 Å². The van der Waals surface area contributed by atoms with E-state index >= 15 is 4.39 Å². The van der Waals surface area contributed by atoms with Crippen molar-refractivity contribution in [3.63, 3.8) is 0 Å². The molecule has 8 heteroatoms. The minimum atomic E-state index is -1.48. The zero-order valence-corrected chi connectivity index (χ0v) is 22.3. The van der Waals surface area contributed by atoms with Crippen molar-refractivity contribution in [3.8, 4) is 0 Å². The molecule has 190 valence electrons. The van der Waals surface area contributed by atoms with Gasteiger partial charge in [-0.15, -0.1) is 0 Å². The first kappa shape index (κ1) is 26.4. The van der Waals surface area contributed by atoms with Gasteiger partial charge in [-0.25, -0.2) is 14.1 Å². The van der Waals surface area contributed by atoms with Crippen LogP contribution in [-0.4, -0.2) is 24.4 Å². The minimum Gasteiger partial charge on any atom is -0.463 e. The Morgan fingerprint density at radius 2 is 1.86 bits per heavy atom. The predicted octanol–water partition coefficient (Wildman–Crippen LogP) is 6.60. The maximum atomic E-state index is 15.7. The van der Waals surface area contributed by atoms with Crippen molar-refractivity contribution in [2.75, 3.05) is 11.5 Å². The van der Waals surface area contributed by atoms with Crippen molar-refractivity contribution in [3.05, 3.63) is 75.0 Å². The molecule has 0 N–H and O–H groups in total. The highest BCUT2D eigenvalue weighted by molar-refractivity contribution is 6.32. The van der Waals surface area contributed by atoms with Gasteiger partial charge in [0.15, 0.2) is 0 Å². The zero-order valence-electron chi connectivity index (χ0n) is 20.8. The molecule has 1 aliphatic carbocycles. The molecule has 0 bridgehead atoms. The fourth-order valence-corrected chi connectivity index (χ4v) is 6.09. The molecule has 0 fully saturated rings. The third kappa shape index (κ3) is 4.04. The van der Waals surface area contributed by atoms with E-state index in [1.54, 1.807) is 37.3 Å². The summed E-state index contributed by atoms with van der Waals surface area (Å²) in [7, 11) is 0. The lowest BCUT2D eigenvalue weighted by Gasteiger charge is -2.39. The van der Waals surface area contributed by atoms with Crippen LogP contribution in [0.1, 0.15) is 58.1 Å². The number of rotatable bonds is 4. The molecule has 1 heterocycles. The van der Waals surface area contributed by atoms with Crippen LogP contribution in [-0.2, 0) is 24.5 Å². The molecule has 2 amide bonds. The minimum absolute atomic E-state index is 0.0952. The molecule has 3 atom stereocenters. The molecule has 36 heavy (non-hydrogen) atoms. The molecule has 1 spiro atoms. The topological polar surface area (TPSA) is 63.7 Å². The summed E-state index contributed by atoms with van der Waals surface area (Å²) in [5.74, 6) is -4.00. The summed E-state index contributed by atoms with van der Waals surface area (Å²) in [6, 6.07) is 9.42. The van der Waals surface area contributed by atoms with Gasteiger partial charge in [0, 0.05) is 23.4 Å². The predicted molar refractivity (Wildman–Crippen MR) is 138 cm³/mol. The van der Waals surface area contributed by atoms with Crippen LogP contribution in [0.25, 0.3) is 0 Å². The largest absolute Gasteiger partial charge is 0.463 e. The van der Waals surface area contributed by atoms with Gasteiger partial charge in [0.25, 0.3) is 0 Å². The van der Waals surface area contributed by atoms with Gasteiger partial charge in [-0.3, -0.25) is 9.59 Å². The molecule has 0 saturated carbocycles. The number of benzene rings is 2.